The molecule has 126 valence electrons. The lowest BCUT2D eigenvalue weighted by molar-refractivity contribution is -0.137. The van der Waals surface area contributed by atoms with Crippen molar-refractivity contribution in [1.82, 2.24) is 10.2 Å². The molecule has 0 aliphatic carbocycles. The van der Waals surface area contributed by atoms with Crippen molar-refractivity contribution in [3.63, 3.8) is 0 Å². The number of nitrogens with one attached hydrogen (secondary N) is 1. The van der Waals surface area contributed by atoms with Gasteiger partial charge in [0.25, 0.3) is 5.91 Å². The lowest BCUT2D eigenvalue weighted by Crippen LogP contribution is -2.43. The molecule has 2 aliphatic heterocycles. The van der Waals surface area contributed by atoms with Crippen molar-refractivity contribution >= 4 is 5.91 Å². The van der Waals surface area contributed by atoms with Crippen LogP contribution in [-0.4, -0.2) is 36.5 Å². The Morgan fingerprint density at radius 1 is 1.09 bits per heavy atom. The zero-order valence-corrected chi connectivity index (χ0v) is 12.9. The van der Waals surface area contributed by atoms with Crippen LogP contribution in [0.1, 0.15) is 41.6 Å². The predicted molar refractivity (Wildman–Crippen MR) is 81.1 cm³/mol. The van der Waals surface area contributed by atoms with Gasteiger partial charge in [-0.25, -0.2) is 0 Å². The normalized spacial score (nSPS) is 23.3. The minimum Gasteiger partial charge on any atom is -0.339 e. The number of rotatable bonds is 2. The van der Waals surface area contributed by atoms with Gasteiger partial charge in [-0.15, -0.1) is 0 Å². The van der Waals surface area contributed by atoms with Crippen LogP contribution >= 0.6 is 0 Å². The molecular formula is C17H21F3N2O. The number of likely N-dealkylation sites (tertiary alicyclic amines) is 1. The number of hydrogen-bond acceptors (Lipinski definition) is 2. The largest absolute Gasteiger partial charge is 0.416 e. The van der Waals surface area contributed by atoms with E-state index in [0.29, 0.717) is 30.6 Å². The molecule has 1 unspecified atom stereocenters. The van der Waals surface area contributed by atoms with Crippen LogP contribution in [0, 0.1) is 5.92 Å². The first-order valence-corrected chi connectivity index (χ1v) is 8.15. The third-order valence-corrected chi connectivity index (χ3v) is 4.95. The van der Waals surface area contributed by atoms with Gasteiger partial charge in [0.2, 0.25) is 0 Å². The summed E-state index contributed by atoms with van der Waals surface area (Å²) in [6.45, 7) is 2.45. The summed E-state index contributed by atoms with van der Waals surface area (Å²) >= 11 is 0. The monoisotopic (exact) mass is 326 g/mol. The average molecular weight is 326 g/mol. The molecule has 23 heavy (non-hydrogen) atoms. The Morgan fingerprint density at radius 2 is 1.74 bits per heavy atom. The molecule has 0 bridgehead atoms. The molecule has 0 radical (unpaired) electrons. The second-order valence-electron chi connectivity index (χ2n) is 6.41. The number of hydrogen-bond donors (Lipinski definition) is 1. The van der Waals surface area contributed by atoms with Gasteiger partial charge in [0.15, 0.2) is 0 Å². The van der Waals surface area contributed by atoms with E-state index in [4.69, 9.17) is 0 Å². The number of carbonyl (C=O) groups is 1. The van der Waals surface area contributed by atoms with Gasteiger partial charge in [-0.2, -0.15) is 13.2 Å². The van der Waals surface area contributed by atoms with Crippen LogP contribution in [-0.2, 0) is 6.18 Å². The lowest BCUT2D eigenvalue weighted by Gasteiger charge is -2.35. The Kier molecular flexibility index (Phi) is 4.62. The highest BCUT2D eigenvalue weighted by Crippen LogP contribution is 2.30. The Balaban J connectivity index is 1.58. The molecule has 1 atom stereocenters. The molecule has 2 heterocycles. The van der Waals surface area contributed by atoms with E-state index in [9.17, 15) is 18.0 Å². The Labute approximate surface area is 133 Å². The second-order valence-corrected chi connectivity index (χ2v) is 6.41. The van der Waals surface area contributed by atoms with E-state index in [1.165, 1.54) is 25.0 Å². The smallest absolute Gasteiger partial charge is 0.339 e. The molecule has 1 N–H and O–H groups in total. The van der Waals surface area contributed by atoms with E-state index in [-0.39, 0.29) is 5.91 Å². The fourth-order valence-electron chi connectivity index (χ4n) is 3.60. The third kappa shape index (κ3) is 3.68. The van der Waals surface area contributed by atoms with Crippen LogP contribution in [0.25, 0.3) is 0 Å². The quantitative estimate of drug-likeness (QED) is 0.904. The molecule has 2 saturated heterocycles. The van der Waals surface area contributed by atoms with Crippen molar-refractivity contribution in [2.45, 2.75) is 37.9 Å². The fraction of sp³-hybridized carbons (Fsp3) is 0.588. The summed E-state index contributed by atoms with van der Waals surface area (Å²) in [7, 11) is 0. The highest BCUT2D eigenvalue weighted by molar-refractivity contribution is 5.94. The summed E-state index contributed by atoms with van der Waals surface area (Å²) in [5.74, 6) is 0.436. The Bertz CT molecular complexity index is 542. The summed E-state index contributed by atoms with van der Waals surface area (Å²) in [6.07, 6.45) is -0.0187. The molecule has 1 amide bonds. The molecule has 0 saturated carbocycles. The van der Waals surface area contributed by atoms with E-state index in [1.807, 2.05) is 0 Å². The molecule has 1 aromatic carbocycles. The minimum atomic E-state index is -4.37. The zero-order chi connectivity index (χ0) is 16.4. The van der Waals surface area contributed by atoms with Crippen LogP contribution in [0.15, 0.2) is 24.3 Å². The highest BCUT2D eigenvalue weighted by Gasteiger charge is 2.32. The first kappa shape index (κ1) is 16.3. The zero-order valence-electron chi connectivity index (χ0n) is 12.9. The van der Waals surface area contributed by atoms with E-state index < -0.39 is 11.7 Å². The van der Waals surface area contributed by atoms with E-state index in [2.05, 4.69) is 5.32 Å². The second kappa shape index (κ2) is 6.51. The van der Waals surface area contributed by atoms with E-state index in [0.717, 1.165) is 31.5 Å². The van der Waals surface area contributed by atoms with Crippen LogP contribution in [0.5, 0.6) is 0 Å². The van der Waals surface area contributed by atoms with Gasteiger partial charge >= 0.3 is 6.18 Å². The number of amides is 1. The Morgan fingerprint density at radius 3 is 2.26 bits per heavy atom. The minimum absolute atomic E-state index is 0.170. The summed E-state index contributed by atoms with van der Waals surface area (Å²) < 4.78 is 37.7. The van der Waals surface area contributed by atoms with Crippen LogP contribution in [0.3, 0.4) is 0 Å². The van der Waals surface area contributed by atoms with Crippen molar-refractivity contribution in [3.05, 3.63) is 35.4 Å². The van der Waals surface area contributed by atoms with E-state index >= 15 is 0 Å². The maximum Gasteiger partial charge on any atom is 0.416 e. The number of carbonyl (C=O) groups excluding carboxylic acids is 1. The number of alkyl halides is 3. The number of piperidine rings is 1. The van der Waals surface area contributed by atoms with Gasteiger partial charge in [0.1, 0.15) is 0 Å². The molecule has 0 spiro atoms. The summed E-state index contributed by atoms with van der Waals surface area (Å²) in [5, 5.41) is 3.51. The van der Waals surface area contributed by atoms with Gasteiger partial charge in [-0.3, -0.25) is 4.79 Å². The third-order valence-electron chi connectivity index (χ3n) is 4.95. The molecule has 2 aliphatic rings. The van der Waals surface area contributed by atoms with E-state index in [1.54, 1.807) is 4.90 Å². The maximum atomic E-state index is 12.6. The standard InChI is InChI=1S/C17H21F3N2O/c18-17(19,20)14-5-3-13(4-6-14)16(23)22-10-7-12(8-11-22)15-2-1-9-21-15/h3-6,12,15,21H,1-2,7-11H2. The topological polar surface area (TPSA) is 32.3 Å². The number of nitrogens with zero attached hydrogens (tertiary/aromatic N) is 1. The maximum absolute atomic E-state index is 12.6. The number of benzene rings is 1. The van der Waals surface area contributed by atoms with Crippen molar-refractivity contribution < 1.29 is 18.0 Å². The van der Waals surface area contributed by atoms with Gasteiger partial charge in [0, 0.05) is 24.7 Å². The fourth-order valence-corrected chi connectivity index (χ4v) is 3.60. The molecule has 2 fully saturated rings. The molecule has 6 heteroatoms. The van der Waals surface area contributed by atoms with Crippen LogP contribution in [0.4, 0.5) is 13.2 Å². The van der Waals surface area contributed by atoms with Crippen LogP contribution in [0.2, 0.25) is 0 Å². The first-order valence-electron chi connectivity index (χ1n) is 8.15. The number of halogens is 3. The molecular weight excluding hydrogens is 305 g/mol. The van der Waals surface area contributed by atoms with Crippen molar-refractivity contribution in [3.8, 4) is 0 Å². The molecule has 0 aromatic heterocycles. The van der Waals surface area contributed by atoms with Crippen molar-refractivity contribution in [1.29, 1.82) is 0 Å². The van der Waals surface area contributed by atoms with Crippen molar-refractivity contribution in [2.24, 2.45) is 5.92 Å². The van der Waals surface area contributed by atoms with Gasteiger partial charge in [-0.1, -0.05) is 0 Å². The molecule has 1 aromatic rings. The lowest BCUT2D eigenvalue weighted by atomic mass is 9.88. The molecule has 3 rings (SSSR count). The average Bonchev–Trinajstić information content (AvgIpc) is 3.08. The first-order chi connectivity index (χ1) is 10.9. The summed E-state index contributed by atoms with van der Waals surface area (Å²) in [5.41, 5.74) is -0.393. The highest BCUT2D eigenvalue weighted by atomic mass is 19.4. The SMILES string of the molecule is O=C(c1ccc(C(F)(F)F)cc1)N1CCC(C2CCCN2)CC1. The van der Waals surface area contributed by atoms with Gasteiger partial charge in [0.05, 0.1) is 5.56 Å². The van der Waals surface area contributed by atoms with Gasteiger partial charge < -0.3 is 10.2 Å². The predicted octanol–water partition coefficient (Wildman–Crippen LogP) is 3.31. The Hall–Kier alpha value is -1.56. The van der Waals surface area contributed by atoms with Crippen LogP contribution < -0.4 is 5.32 Å². The summed E-state index contributed by atoms with van der Waals surface area (Å²) in [4.78, 5) is 14.2. The molecule has 3 nitrogen and oxygen atoms in total. The summed E-state index contributed by atoms with van der Waals surface area (Å²) in [6, 6.07) is 5.06. The van der Waals surface area contributed by atoms with Gasteiger partial charge in [-0.05, 0) is 62.4 Å². The van der Waals surface area contributed by atoms with Crippen molar-refractivity contribution in [2.75, 3.05) is 19.6 Å².